The molecule has 0 aliphatic heterocycles. The van der Waals surface area contributed by atoms with Crippen LogP contribution in [0.25, 0.3) is 33.4 Å². The maximum Gasteiger partial charge on any atom is 0.338 e. The number of benzene rings is 3. The third kappa shape index (κ3) is 5.18. The molecule has 5 nitrogen and oxygen atoms in total. The second-order valence-corrected chi connectivity index (χ2v) is 9.73. The van der Waals surface area contributed by atoms with Gasteiger partial charge in [0.2, 0.25) is 0 Å². The molecule has 3 aromatic carbocycles. The van der Waals surface area contributed by atoms with Gasteiger partial charge in [-0.05, 0) is 92.4 Å². The first-order chi connectivity index (χ1) is 17.1. The fraction of sp³-hybridized carbons (Fsp3) is 0.267. The van der Waals surface area contributed by atoms with Crippen LogP contribution in [-0.2, 0) is 11.2 Å². The molecule has 4 rings (SSSR count). The minimum Gasteiger partial charge on any atom is -0.456 e. The third-order valence-electron chi connectivity index (χ3n) is 5.80. The minimum absolute atomic E-state index is 0.301. The minimum atomic E-state index is -0.602. The number of fused-ring (bicyclic) bond motifs is 1. The molecule has 0 saturated heterocycles. The summed E-state index contributed by atoms with van der Waals surface area (Å²) in [6.45, 7) is 7.59. The van der Waals surface area contributed by atoms with Gasteiger partial charge in [0.25, 0.3) is 5.91 Å². The van der Waals surface area contributed by atoms with Gasteiger partial charge >= 0.3 is 5.97 Å². The van der Waals surface area contributed by atoms with Crippen molar-refractivity contribution in [1.82, 2.24) is 5.32 Å². The molecule has 1 heterocycles. The predicted octanol–water partition coefficient (Wildman–Crippen LogP) is 7.17. The highest BCUT2D eigenvalue weighted by molar-refractivity contribution is 6.12. The van der Waals surface area contributed by atoms with Gasteiger partial charge in [0, 0.05) is 18.0 Å². The van der Waals surface area contributed by atoms with Crippen LogP contribution < -0.4 is 5.32 Å². The zero-order valence-corrected chi connectivity index (χ0v) is 21.2. The van der Waals surface area contributed by atoms with E-state index >= 15 is 0 Å². The van der Waals surface area contributed by atoms with Gasteiger partial charge in [-0.25, -0.2) is 9.18 Å². The molecule has 1 amide bonds. The number of nitrogens with one attached hydrogen (secondary N) is 1. The average Bonchev–Trinajstić information content (AvgIpc) is 3.21. The molecule has 0 spiro atoms. The van der Waals surface area contributed by atoms with Gasteiger partial charge in [0.15, 0.2) is 0 Å². The molecule has 0 unspecified atom stereocenters. The Morgan fingerprint density at radius 1 is 1.00 bits per heavy atom. The molecule has 1 N–H and O–H groups in total. The van der Waals surface area contributed by atoms with Crippen molar-refractivity contribution in [2.24, 2.45) is 0 Å². The Labute approximate surface area is 210 Å². The summed E-state index contributed by atoms with van der Waals surface area (Å²) in [5, 5.41) is 3.34. The van der Waals surface area contributed by atoms with E-state index in [-0.39, 0.29) is 11.7 Å². The Hall–Kier alpha value is -3.93. The molecule has 0 aliphatic carbocycles. The fourth-order valence-electron chi connectivity index (χ4n) is 4.24. The Bertz CT molecular complexity index is 1430. The van der Waals surface area contributed by atoms with Gasteiger partial charge in [-0.3, -0.25) is 4.79 Å². The molecule has 0 bridgehead atoms. The average molecular weight is 488 g/mol. The van der Waals surface area contributed by atoms with E-state index in [9.17, 15) is 14.0 Å². The van der Waals surface area contributed by atoms with E-state index in [1.54, 1.807) is 25.2 Å². The van der Waals surface area contributed by atoms with Crippen molar-refractivity contribution < 1.29 is 23.1 Å². The number of carbonyl (C=O) groups excluding carboxylic acids is 2. The second kappa shape index (κ2) is 9.97. The second-order valence-electron chi connectivity index (χ2n) is 9.73. The van der Waals surface area contributed by atoms with Crippen molar-refractivity contribution in [1.29, 1.82) is 0 Å². The lowest BCUT2D eigenvalue weighted by molar-refractivity contribution is 0.00694. The summed E-state index contributed by atoms with van der Waals surface area (Å²) in [7, 11) is 1.56. The lowest BCUT2D eigenvalue weighted by atomic mass is 9.93. The molecule has 186 valence electrons. The summed E-state index contributed by atoms with van der Waals surface area (Å²) in [5.41, 5.74) is 4.20. The number of esters is 1. The number of halogens is 1. The molecule has 0 radical (unpaired) electrons. The van der Waals surface area contributed by atoms with Crippen molar-refractivity contribution in [2.45, 2.75) is 46.1 Å². The van der Waals surface area contributed by atoms with E-state index in [2.05, 4.69) is 12.2 Å². The smallest absolute Gasteiger partial charge is 0.338 e. The summed E-state index contributed by atoms with van der Waals surface area (Å²) in [5.74, 6) is -0.680. The lowest BCUT2D eigenvalue weighted by Crippen LogP contribution is -2.23. The van der Waals surface area contributed by atoms with Crippen molar-refractivity contribution in [3.8, 4) is 22.5 Å². The van der Waals surface area contributed by atoms with Crippen LogP contribution in [0.2, 0.25) is 0 Å². The van der Waals surface area contributed by atoms with Crippen LogP contribution in [0.5, 0.6) is 0 Å². The molecular weight excluding hydrogens is 457 g/mol. The van der Waals surface area contributed by atoms with Crippen LogP contribution in [0.4, 0.5) is 4.39 Å². The number of rotatable bonds is 6. The first kappa shape index (κ1) is 25.2. The number of ether oxygens (including phenoxy) is 1. The Morgan fingerprint density at radius 3 is 2.36 bits per heavy atom. The first-order valence-corrected chi connectivity index (χ1v) is 12.0. The Balaban J connectivity index is 1.92. The topological polar surface area (TPSA) is 68.5 Å². The molecule has 36 heavy (non-hydrogen) atoms. The first-order valence-electron chi connectivity index (χ1n) is 12.0. The van der Waals surface area contributed by atoms with Gasteiger partial charge in [0.05, 0.1) is 11.1 Å². The highest BCUT2D eigenvalue weighted by Crippen LogP contribution is 2.38. The van der Waals surface area contributed by atoms with Gasteiger partial charge in [-0.1, -0.05) is 25.5 Å². The fourth-order valence-corrected chi connectivity index (χ4v) is 4.24. The molecule has 4 aromatic rings. The van der Waals surface area contributed by atoms with Gasteiger partial charge in [-0.2, -0.15) is 0 Å². The third-order valence-corrected chi connectivity index (χ3v) is 5.80. The Kier molecular flexibility index (Phi) is 6.97. The Morgan fingerprint density at radius 2 is 1.72 bits per heavy atom. The highest BCUT2D eigenvalue weighted by atomic mass is 19.1. The van der Waals surface area contributed by atoms with Crippen LogP contribution in [0.1, 0.15) is 60.4 Å². The number of carbonyl (C=O) groups is 2. The molecule has 0 fully saturated rings. The van der Waals surface area contributed by atoms with Crippen molar-refractivity contribution in [3.05, 3.63) is 83.2 Å². The van der Waals surface area contributed by atoms with E-state index in [1.807, 2.05) is 51.1 Å². The van der Waals surface area contributed by atoms with Gasteiger partial charge < -0.3 is 14.5 Å². The van der Waals surface area contributed by atoms with E-state index in [0.717, 1.165) is 29.5 Å². The summed E-state index contributed by atoms with van der Waals surface area (Å²) in [6, 6.07) is 17.1. The maximum atomic E-state index is 13.5. The standard InChI is InChI=1S/C30H30FNO4/c1-6-8-19-16-25-24(26(28(33)32-5)27(35-25)18-11-13-22(31)14-12-18)17-23(19)20-9-7-10-21(15-20)29(34)36-30(2,3)4/h7,9-17H,6,8H2,1-5H3,(H,32,33). The van der Waals surface area contributed by atoms with E-state index < -0.39 is 11.6 Å². The van der Waals surface area contributed by atoms with E-state index in [0.29, 0.717) is 33.4 Å². The van der Waals surface area contributed by atoms with Gasteiger partial charge in [-0.15, -0.1) is 0 Å². The zero-order valence-electron chi connectivity index (χ0n) is 21.2. The summed E-state index contributed by atoms with van der Waals surface area (Å²) in [6.07, 6.45) is 1.68. The number of aryl methyl sites for hydroxylation is 1. The van der Waals surface area contributed by atoms with E-state index in [4.69, 9.17) is 9.15 Å². The van der Waals surface area contributed by atoms with Crippen molar-refractivity contribution in [3.63, 3.8) is 0 Å². The summed E-state index contributed by atoms with van der Waals surface area (Å²) in [4.78, 5) is 25.7. The lowest BCUT2D eigenvalue weighted by Gasteiger charge is -2.19. The molecule has 0 atom stereocenters. The molecule has 0 saturated carbocycles. The van der Waals surface area contributed by atoms with Crippen LogP contribution >= 0.6 is 0 Å². The monoisotopic (exact) mass is 487 g/mol. The van der Waals surface area contributed by atoms with Crippen LogP contribution in [0, 0.1) is 5.82 Å². The molecule has 0 aliphatic rings. The molecule has 1 aromatic heterocycles. The van der Waals surface area contributed by atoms with Crippen molar-refractivity contribution in [2.75, 3.05) is 7.05 Å². The van der Waals surface area contributed by atoms with E-state index in [1.165, 1.54) is 12.1 Å². The number of hydrogen-bond donors (Lipinski definition) is 1. The zero-order chi connectivity index (χ0) is 26.0. The summed E-state index contributed by atoms with van der Waals surface area (Å²) >= 11 is 0. The predicted molar refractivity (Wildman–Crippen MR) is 140 cm³/mol. The normalized spacial score (nSPS) is 11.5. The van der Waals surface area contributed by atoms with Crippen molar-refractivity contribution >= 4 is 22.8 Å². The SMILES string of the molecule is CCCc1cc2oc(-c3ccc(F)cc3)c(C(=O)NC)c2cc1-c1cccc(C(=O)OC(C)(C)C)c1. The van der Waals surface area contributed by atoms with Crippen LogP contribution in [0.3, 0.4) is 0 Å². The quantitative estimate of drug-likeness (QED) is 0.293. The maximum absolute atomic E-state index is 13.5. The number of furan rings is 1. The molecular formula is C30H30FNO4. The number of amides is 1. The molecule has 6 heteroatoms. The van der Waals surface area contributed by atoms with Gasteiger partial charge in [0.1, 0.15) is 22.8 Å². The number of hydrogen-bond acceptors (Lipinski definition) is 4. The highest BCUT2D eigenvalue weighted by Gasteiger charge is 2.24. The van der Waals surface area contributed by atoms with Crippen LogP contribution in [0.15, 0.2) is 65.1 Å². The van der Waals surface area contributed by atoms with Crippen LogP contribution in [-0.4, -0.2) is 24.5 Å². The largest absolute Gasteiger partial charge is 0.456 e. The summed E-state index contributed by atoms with van der Waals surface area (Å²) < 4.78 is 25.3.